The number of aromatic hydroxyl groups is 1. The van der Waals surface area contributed by atoms with Gasteiger partial charge in [0.25, 0.3) is 11.5 Å². The molecule has 3 rings (SSSR count). The lowest BCUT2D eigenvalue weighted by Crippen LogP contribution is -2.44. The molecule has 0 spiro atoms. The number of fused-ring (bicyclic) bond motifs is 1. The second-order valence-corrected chi connectivity index (χ2v) is 8.95. The van der Waals surface area contributed by atoms with Gasteiger partial charge in [-0.1, -0.05) is 19.9 Å². The van der Waals surface area contributed by atoms with E-state index in [1.54, 1.807) is 17.6 Å². The van der Waals surface area contributed by atoms with E-state index in [9.17, 15) is 19.1 Å². The predicted octanol–water partition coefficient (Wildman–Crippen LogP) is 3.62. The Hall–Kier alpha value is -3.13. The van der Waals surface area contributed by atoms with Crippen LogP contribution in [0.15, 0.2) is 46.7 Å². The molecular weight excluding hydrogens is 423 g/mol. The SMILES string of the molecule is C/C=C(\C=C(/C)F)NC(=O)c1c(O)c2ccc(N3CCN(C)CC3)cc2n(CC(C)C)c1=O. The zero-order valence-electron chi connectivity index (χ0n) is 20.0. The standard InChI is InChI=1S/C25H33FN4O3/c1-6-18(13-17(4)26)27-24(32)22-23(31)20-8-7-19(29-11-9-28(5)10-12-29)14-21(20)30(25(22)33)15-16(2)3/h6-8,13-14,16,31H,9-12,15H2,1-5H3,(H,27,32)/b17-13+,18-6+. The number of nitrogens with one attached hydrogen (secondary N) is 1. The number of aromatic nitrogens is 1. The molecule has 1 saturated heterocycles. The smallest absolute Gasteiger partial charge is 0.267 e. The summed E-state index contributed by atoms with van der Waals surface area (Å²) < 4.78 is 14.9. The van der Waals surface area contributed by atoms with E-state index in [2.05, 4.69) is 22.2 Å². The number of hydrogen-bond donors (Lipinski definition) is 2. The number of nitrogens with zero attached hydrogens (tertiary/aromatic N) is 3. The predicted molar refractivity (Wildman–Crippen MR) is 131 cm³/mol. The van der Waals surface area contributed by atoms with Crippen LogP contribution in [-0.2, 0) is 6.54 Å². The van der Waals surface area contributed by atoms with Gasteiger partial charge in [0.05, 0.1) is 11.3 Å². The van der Waals surface area contributed by atoms with Gasteiger partial charge >= 0.3 is 0 Å². The zero-order valence-corrected chi connectivity index (χ0v) is 20.0. The van der Waals surface area contributed by atoms with Crippen molar-refractivity contribution in [3.8, 4) is 5.75 Å². The van der Waals surface area contributed by atoms with Crippen molar-refractivity contribution >= 4 is 22.5 Å². The zero-order chi connectivity index (χ0) is 24.3. The van der Waals surface area contributed by atoms with E-state index >= 15 is 0 Å². The lowest BCUT2D eigenvalue weighted by Gasteiger charge is -2.34. The van der Waals surface area contributed by atoms with Crippen molar-refractivity contribution in [2.45, 2.75) is 34.2 Å². The highest BCUT2D eigenvalue weighted by Crippen LogP contribution is 2.31. The summed E-state index contributed by atoms with van der Waals surface area (Å²) in [5.74, 6) is -1.49. The van der Waals surface area contributed by atoms with Crippen molar-refractivity contribution in [3.63, 3.8) is 0 Å². The molecule has 178 valence electrons. The van der Waals surface area contributed by atoms with Gasteiger partial charge in [-0.3, -0.25) is 9.59 Å². The maximum Gasteiger partial charge on any atom is 0.267 e. The first-order valence-electron chi connectivity index (χ1n) is 11.3. The van der Waals surface area contributed by atoms with Gasteiger partial charge in [0.2, 0.25) is 0 Å². The van der Waals surface area contributed by atoms with Crippen LogP contribution >= 0.6 is 0 Å². The molecule has 2 N–H and O–H groups in total. The number of carbonyl (C=O) groups excluding carboxylic acids is 1. The summed E-state index contributed by atoms with van der Waals surface area (Å²) in [6, 6.07) is 5.58. The summed E-state index contributed by atoms with van der Waals surface area (Å²) >= 11 is 0. The molecule has 1 aliphatic rings. The van der Waals surface area contributed by atoms with Crippen molar-refractivity contribution in [2.75, 3.05) is 38.1 Å². The van der Waals surface area contributed by atoms with Gasteiger partial charge in [-0.05, 0) is 51.1 Å². The number of carbonyl (C=O) groups is 1. The van der Waals surface area contributed by atoms with E-state index in [4.69, 9.17) is 0 Å². The Morgan fingerprint density at radius 3 is 2.48 bits per heavy atom. The van der Waals surface area contributed by atoms with Crippen LogP contribution in [0.25, 0.3) is 10.9 Å². The summed E-state index contributed by atoms with van der Waals surface area (Å²) in [7, 11) is 2.09. The summed E-state index contributed by atoms with van der Waals surface area (Å²) in [6.45, 7) is 10.9. The topological polar surface area (TPSA) is 77.8 Å². The van der Waals surface area contributed by atoms with Crippen LogP contribution < -0.4 is 15.8 Å². The second kappa shape index (κ2) is 10.2. The molecule has 8 heteroatoms. The summed E-state index contributed by atoms with van der Waals surface area (Å²) in [5.41, 5.74) is 0.853. The molecule has 1 aliphatic heterocycles. The van der Waals surface area contributed by atoms with Gasteiger partial charge < -0.3 is 24.8 Å². The highest BCUT2D eigenvalue weighted by Gasteiger charge is 2.24. The second-order valence-electron chi connectivity index (χ2n) is 8.95. The first kappa shape index (κ1) is 24.5. The van der Waals surface area contributed by atoms with Crippen molar-refractivity contribution in [1.82, 2.24) is 14.8 Å². The fourth-order valence-electron chi connectivity index (χ4n) is 4.04. The number of benzene rings is 1. The molecule has 2 aromatic rings. The highest BCUT2D eigenvalue weighted by molar-refractivity contribution is 6.03. The molecule has 1 amide bonds. The Kier molecular flexibility index (Phi) is 7.58. The molecule has 0 radical (unpaired) electrons. The van der Waals surface area contributed by atoms with E-state index in [1.807, 2.05) is 26.0 Å². The van der Waals surface area contributed by atoms with Gasteiger partial charge in [0.1, 0.15) is 11.3 Å². The van der Waals surface area contributed by atoms with Crippen LogP contribution in [0.5, 0.6) is 5.75 Å². The van der Waals surface area contributed by atoms with Gasteiger partial charge in [0.15, 0.2) is 0 Å². The van der Waals surface area contributed by atoms with Crippen molar-refractivity contribution in [1.29, 1.82) is 0 Å². The summed E-state index contributed by atoms with van der Waals surface area (Å²) in [4.78, 5) is 30.9. The minimum atomic E-state index is -0.773. The van der Waals surface area contributed by atoms with Crippen molar-refractivity contribution in [2.24, 2.45) is 5.92 Å². The number of amides is 1. The van der Waals surface area contributed by atoms with Crippen molar-refractivity contribution < 1.29 is 14.3 Å². The van der Waals surface area contributed by atoms with Crippen LogP contribution in [0.3, 0.4) is 0 Å². The third kappa shape index (κ3) is 5.45. The fourth-order valence-corrected chi connectivity index (χ4v) is 4.04. The van der Waals surface area contributed by atoms with E-state index in [0.717, 1.165) is 37.9 Å². The lowest BCUT2D eigenvalue weighted by atomic mass is 10.1. The minimum absolute atomic E-state index is 0.141. The number of halogens is 1. The molecular formula is C25H33FN4O3. The van der Waals surface area contributed by atoms with Gasteiger partial charge in [-0.15, -0.1) is 0 Å². The molecule has 1 aromatic carbocycles. The van der Waals surface area contributed by atoms with E-state index in [-0.39, 0.29) is 22.9 Å². The number of hydrogen-bond acceptors (Lipinski definition) is 5. The molecule has 0 atom stereocenters. The minimum Gasteiger partial charge on any atom is -0.506 e. The fraction of sp³-hybridized carbons (Fsp3) is 0.440. The molecule has 0 aliphatic carbocycles. The lowest BCUT2D eigenvalue weighted by molar-refractivity contribution is 0.0962. The van der Waals surface area contributed by atoms with Crippen LogP contribution in [-0.4, -0.2) is 53.7 Å². The molecule has 2 heterocycles. The number of pyridine rings is 1. The van der Waals surface area contributed by atoms with E-state index in [0.29, 0.717) is 17.4 Å². The Labute approximate surface area is 193 Å². The number of rotatable bonds is 6. The van der Waals surface area contributed by atoms with Crippen LogP contribution in [0.1, 0.15) is 38.1 Å². The van der Waals surface area contributed by atoms with Crippen LogP contribution in [0.4, 0.5) is 10.1 Å². The van der Waals surface area contributed by atoms with Crippen LogP contribution in [0, 0.1) is 5.92 Å². The van der Waals surface area contributed by atoms with E-state index < -0.39 is 17.3 Å². The highest BCUT2D eigenvalue weighted by atomic mass is 19.1. The van der Waals surface area contributed by atoms with E-state index in [1.165, 1.54) is 13.0 Å². The number of allylic oxidation sites excluding steroid dienone is 3. The van der Waals surface area contributed by atoms with Crippen LogP contribution in [0.2, 0.25) is 0 Å². The molecule has 0 unspecified atom stereocenters. The monoisotopic (exact) mass is 456 g/mol. The molecule has 0 saturated carbocycles. The molecule has 7 nitrogen and oxygen atoms in total. The average molecular weight is 457 g/mol. The Balaban J connectivity index is 2.13. The first-order chi connectivity index (χ1) is 15.6. The largest absolute Gasteiger partial charge is 0.506 e. The Bertz CT molecular complexity index is 1150. The molecule has 33 heavy (non-hydrogen) atoms. The average Bonchev–Trinajstić information content (AvgIpc) is 2.76. The maximum absolute atomic E-state index is 13.4. The molecule has 0 bridgehead atoms. The molecule has 1 aromatic heterocycles. The van der Waals surface area contributed by atoms with Gasteiger partial charge in [-0.25, -0.2) is 4.39 Å². The Morgan fingerprint density at radius 1 is 1.24 bits per heavy atom. The van der Waals surface area contributed by atoms with Crippen molar-refractivity contribution in [3.05, 3.63) is 57.8 Å². The first-order valence-corrected chi connectivity index (χ1v) is 11.3. The van der Waals surface area contributed by atoms with Gasteiger partial charge in [-0.2, -0.15) is 0 Å². The third-order valence-corrected chi connectivity index (χ3v) is 5.79. The number of anilines is 1. The molecule has 1 fully saturated rings. The van der Waals surface area contributed by atoms with Gasteiger partial charge in [0, 0.05) is 49.5 Å². The number of likely N-dealkylation sites (N-methyl/N-ethyl adjacent to an activating group) is 1. The Morgan fingerprint density at radius 2 is 1.91 bits per heavy atom. The summed E-state index contributed by atoms with van der Waals surface area (Å²) in [5, 5.41) is 13.9. The third-order valence-electron chi connectivity index (χ3n) is 5.79. The number of piperazine rings is 1. The quantitative estimate of drug-likeness (QED) is 0.650. The normalized spacial score (nSPS) is 16.0. The maximum atomic E-state index is 13.4. The summed E-state index contributed by atoms with van der Waals surface area (Å²) in [6.07, 6.45) is 2.68.